The molecule has 1 saturated heterocycles. The fraction of sp³-hybridized carbons (Fsp3) is 0.619. The van der Waals surface area contributed by atoms with Crippen LogP contribution in [0.1, 0.15) is 45.6 Å². The summed E-state index contributed by atoms with van der Waals surface area (Å²) < 4.78 is 0. The summed E-state index contributed by atoms with van der Waals surface area (Å²) >= 11 is 0. The van der Waals surface area contributed by atoms with Crippen LogP contribution in [0.25, 0.3) is 0 Å². The summed E-state index contributed by atoms with van der Waals surface area (Å²) in [5.41, 5.74) is 1.65. The van der Waals surface area contributed by atoms with Crippen molar-refractivity contribution in [2.24, 2.45) is 5.92 Å². The highest BCUT2D eigenvalue weighted by Gasteiger charge is 2.30. The number of anilines is 1. The lowest BCUT2D eigenvalue weighted by Crippen LogP contribution is -2.51. The average Bonchev–Trinajstić information content (AvgIpc) is 2.62. The van der Waals surface area contributed by atoms with Crippen molar-refractivity contribution in [1.29, 1.82) is 5.26 Å². The van der Waals surface area contributed by atoms with Gasteiger partial charge in [0.2, 0.25) is 5.91 Å². The molecule has 5 nitrogen and oxygen atoms in total. The monoisotopic (exact) mass is 356 g/mol. The molecule has 1 atom stereocenters. The first-order chi connectivity index (χ1) is 12.3. The van der Waals surface area contributed by atoms with E-state index in [1.54, 1.807) is 6.92 Å². The van der Waals surface area contributed by atoms with Crippen LogP contribution in [-0.4, -0.2) is 43.0 Å². The van der Waals surface area contributed by atoms with Gasteiger partial charge in [0.15, 0.2) is 0 Å². The molecule has 1 aromatic rings. The predicted molar refractivity (Wildman–Crippen MR) is 106 cm³/mol. The lowest BCUT2D eigenvalue weighted by molar-refractivity contribution is -0.123. The lowest BCUT2D eigenvalue weighted by Gasteiger charge is -2.29. The summed E-state index contributed by atoms with van der Waals surface area (Å²) in [4.78, 5) is 16.7. The SMILES string of the molecule is CC(C)C(C)(C#N)NC(=O)CN(C)Cc1ccc(N2CCCCC2)cc1. The van der Waals surface area contributed by atoms with Crippen molar-refractivity contribution >= 4 is 11.6 Å². The zero-order valence-corrected chi connectivity index (χ0v) is 16.6. The Bertz CT molecular complexity index is 628. The van der Waals surface area contributed by atoms with Crippen LogP contribution in [0, 0.1) is 17.2 Å². The van der Waals surface area contributed by atoms with Crippen molar-refractivity contribution in [3.8, 4) is 6.07 Å². The van der Waals surface area contributed by atoms with Crippen molar-refractivity contribution in [3.05, 3.63) is 29.8 Å². The van der Waals surface area contributed by atoms with E-state index in [1.807, 2.05) is 25.8 Å². The summed E-state index contributed by atoms with van der Waals surface area (Å²) in [5, 5.41) is 12.2. The molecular formula is C21H32N4O. The van der Waals surface area contributed by atoms with Gasteiger partial charge in [0.1, 0.15) is 5.54 Å². The fourth-order valence-corrected chi connectivity index (χ4v) is 3.21. The number of hydrogen-bond donors (Lipinski definition) is 1. The van der Waals surface area contributed by atoms with E-state index in [9.17, 15) is 10.1 Å². The van der Waals surface area contributed by atoms with E-state index in [1.165, 1.54) is 30.5 Å². The van der Waals surface area contributed by atoms with Crippen LogP contribution >= 0.6 is 0 Å². The minimum Gasteiger partial charge on any atom is -0.372 e. The molecule has 1 N–H and O–H groups in total. The molecule has 0 saturated carbocycles. The van der Waals surface area contributed by atoms with Gasteiger partial charge in [0.25, 0.3) is 0 Å². The van der Waals surface area contributed by atoms with Gasteiger partial charge in [-0.2, -0.15) is 5.26 Å². The third-order valence-corrected chi connectivity index (χ3v) is 5.31. The molecular weight excluding hydrogens is 324 g/mol. The van der Waals surface area contributed by atoms with E-state index in [4.69, 9.17) is 0 Å². The Morgan fingerprint density at radius 1 is 1.27 bits per heavy atom. The number of rotatable bonds is 7. The maximum atomic E-state index is 12.3. The highest BCUT2D eigenvalue weighted by atomic mass is 16.2. The number of amides is 1. The highest BCUT2D eigenvalue weighted by Crippen LogP contribution is 2.20. The van der Waals surface area contributed by atoms with Crippen molar-refractivity contribution in [2.75, 3.05) is 31.6 Å². The number of nitriles is 1. The molecule has 0 spiro atoms. The third-order valence-electron chi connectivity index (χ3n) is 5.31. The molecule has 1 heterocycles. The Hall–Kier alpha value is -2.06. The van der Waals surface area contributed by atoms with Gasteiger partial charge < -0.3 is 10.2 Å². The van der Waals surface area contributed by atoms with Gasteiger partial charge in [-0.05, 0) is 56.8 Å². The van der Waals surface area contributed by atoms with E-state index in [0.29, 0.717) is 6.54 Å². The minimum absolute atomic E-state index is 0.0593. The number of nitrogens with zero attached hydrogens (tertiary/aromatic N) is 3. The number of carbonyl (C=O) groups excluding carboxylic acids is 1. The Kier molecular flexibility index (Phi) is 7.05. The van der Waals surface area contributed by atoms with Gasteiger partial charge in [-0.15, -0.1) is 0 Å². The number of nitrogens with one attached hydrogen (secondary N) is 1. The van der Waals surface area contributed by atoms with Gasteiger partial charge in [0.05, 0.1) is 12.6 Å². The lowest BCUT2D eigenvalue weighted by atomic mass is 9.90. The van der Waals surface area contributed by atoms with E-state index >= 15 is 0 Å². The summed E-state index contributed by atoms with van der Waals surface area (Å²) in [7, 11) is 1.93. The number of carbonyl (C=O) groups is 1. The van der Waals surface area contributed by atoms with E-state index in [-0.39, 0.29) is 18.4 Å². The van der Waals surface area contributed by atoms with Crippen molar-refractivity contribution in [1.82, 2.24) is 10.2 Å². The molecule has 5 heteroatoms. The fourth-order valence-electron chi connectivity index (χ4n) is 3.21. The van der Waals surface area contributed by atoms with Gasteiger partial charge in [-0.25, -0.2) is 0 Å². The number of benzene rings is 1. The van der Waals surface area contributed by atoms with E-state index < -0.39 is 5.54 Å². The smallest absolute Gasteiger partial charge is 0.235 e. The average molecular weight is 357 g/mol. The van der Waals surface area contributed by atoms with Crippen LogP contribution in [0.5, 0.6) is 0 Å². The number of hydrogen-bond acceptors (Lipinski definition) is 4. The van der Waals surface area contributed by atoms with Crippen LogP contribution in [0.2, 0.25) is 0 Å². The molecule has 0 bridgehead atoms. The van der Waals surface area contributed by atoms with Gasteiger partial charge in [-0.3, -0.25) is 9.69 Å². The standard InChI is InChI=1S/C21H32N4O/c1-17(2)21(3,16-22)23-20(26)15-24(4)14-18-8-10-19(11-9-18)25-12-6-5-7-13-25/h8-11,17H,5-7,12-15H2,1-4H3,(H,23,26). The van der Waals surface area contributed by atoms with E-state index in [0.717, 1.165) is 13.1 Å². The van der Waals surface area contributed by atoms with Crippen LogP contribution < -0.4 is 10.2 Å². The van der Waals surface area contributed by atoms with Crippen LogP contribution in [0.3, 0.4) is 0 Å². The highest BCUT2D eigenvalue weighted by molar-refractivity contribution is 5.79. The first-order valence-corrected chi connectivity index (χ1v) is 9.59. The Morgan fingerprint density at radius 3 is 2.42 bits per heavy atom. The molecule has 1 unspecified atom stereocenters. The second-order valence-corrected chi connectivity index (χ2v) is 7.90. The maximum Gasteiger partial charge on any atom is 0.235 e. The summed E-state index contributed by atoms with van der Waals surface area (Å²) in [6.07, 6.45) is 3.89. The molecule has 0 radical (unpaired) electrons. The third kappa shape index (κ3) is 5.47. The van der Waals surface area contributed by atoms with Crippen LogP contribution in [-0.2, 0) is 11.3 Å². The molecule has 2 rings (SSSR count). The maximum absolute atomic E-state index is 12.3. The van der Waals surface area contributed by atoms with Gasteiger partial charge in [-0.1, -0.05) is 26.0 Å². The topological polar surface area (TPSA) is 59.4 Å². The number of likely N-dealkylation sites (N-methyl/N-ethyl adjacent to an activating group) is 1. The molecule has 1 aliphatic heterocycles. The Labute approximate surface area is 158 Å². The molecule has 1 amide bonds. The summed E-state index contributed by atoms with van der Waals surface area (Å²) in [5.74, 6) is -0.0562. The zero-order valence-electron chi connectivity index (χ0n) is 16.6. The number of piperidine rings is 1. The zero-order chi connectivity index (χ0) is 19.2. The van der Waals surface area contributed by atoms with Crippen molar-refractivity contribution < 1.29 is 4.79 Å². The van der Waals surface area contributed by atoms with Gasteiger partial charge >= 0.3 is 0 Å². The molecule has 0 aliphatic carbocycles. The molecule has 1 aromatic carbocycles. The Balaban J connectivity index is 1.86. The molecule has 1 fully saturated rings. The first kappa shape index (κ1) is 20.3. The van der Waals surface area contributed by atoms with E-state index in [2.05, 4.69) is 40.6 Å². The Morgan fingerprint density at radius 2 is 1.88 bits per heavy atom. The first-order valence-electron chi connectivity index (χ1n) is 9.59. The quantitative estimate of drug-likeness (QED) is 0.815. The summed E-state index contributed by atoms with van der Waals surface area (Å²) in [6.45, 7) is 8.93. The largest absolute Gasteiger partial charge is 0.372 e. The predicted octanol–water partition coefficient (Wildman–Crippen LogP) is 3.16. The normalized spacial score (nSPS) is 17.0. The molecule has 1 aliphatic rings. The minimum atomic E-state index is -0.825. The summed E-state index contributed by atoms with van der Waals surface area (Å²) in [6, 6.07) is 10.9. The second-order valence-electron chi connectivity index (χ2n) is 7.90. The second kappa shape index (κ2) is 9.05. The molecule has 0 aromatic heterocycles. The van der Waals surface area contributed by atoms with Crippen molar-refractivity contribution in [2.45, 2.75) is 52.1 Å². The van der Waals surface area contributed by atoms with Crippen LogP contribution in [0.4, 0.5) is 5.69 Å². The van der Waals surface area contributed by atoms with Crippen molar-refractivity contribution in [3.63, 3.8) is 0 Å². The van der Waals surface area contributed by atoms with Crippen LogP contribution in [0.15, 0.2) is 24.3 Å². The molecule has 142 valence electrons. The molecule has 26 heavy (non-hydrogen) atoms. The van der Waals surface area contributed by atoms with Gasteiger partial charge in [0, 0.05) is 25.3 Å².